The first kappa shape index (κ1) is 9.96. The van der Waals surface area contributed by atoms with Crippen LogP contribution in [0.4, 0.5) is 11.4 Å². The van der Waals surface area contributed by atoms with Gasteiger partial charge < -0.3 is 4.90 Å². The highest BCUT2D eigenvalue weighted by atomic mass is 16.6. The molecule has 4 heteroatoms. The van der Waals surface area contributed by atoms with Gasteiger partial charge in [-0.1, -0.05) is 6.07 Å². The molecular weight excluding hydrogens is 192 g/mol. The topological polar surface area (TPSA) is 46.4 Å². The highest BCUT2D eigenvalue weighted by Gasteiger charge is 2.19. The van der Waals surface area contributed by atoms with E-state index >= 15 is 0 Å². The molecule has 0 unspecified atom stereocenters. The fourth-order valence-electron chi connectivity index (χ4n) is 1.96. The maximum absolute atomic E-state index is 10.8. The minimum atomic E-state index is -0.333. The van der Waals surface area contributed by atoms with E-state index in [1.807, 2.05) is 0 Å². The second-order valence-corrected chi connectivity index (χ2v) is 3.72. The number of anilines is 1. The molecule has 1 aromatic rings. The number of nitrogens with zero attached hydrogens (tertiary/aromatic N) is 2. The van der Waals surface area contributed by atoms with E-state index < -0.39 is 0 Å². The molecule has 1 heterocycles. The Hall–Kier alpha value is -1.58. The van der Waals surface area contributed by atoms with E-state index in [2.05, 4.69) is 11.0 Å². The molecule has 1 aliphatic heterocycles. The van der Waals surface area contributed by atoms with Crippen LogP contribution in [0.1, 0.15) is 19.3 Å². The van der Waals surface area contributed by atoms with Crippen molar-refractivity contribution in [2.75, 3.05) is 18.0 Å². The molecule has 1 fully saturated rings. The summed E-state index contributed by atoms with van der Waals surface area (Å²) in [6, 6.07) is 7.72. The number of nitro groups is 1. The summed E-state index contributed by atoms with van der Waals surface area (Å²) in [7, 11) is 0. The van der Waals surface area contributed by atoms with Crippen molar-refractivity contribution in [1.29, 1.82) is 0 Å². The van der Waals surface area contributed by atoms with Gasteiger partial charge in [0.25, 0.3) is 5.69 Å². The van der Waals surface area contributed by atoms with E-state index in [1.54, 1.807) is 12.1 Å². The van der Waals surface area contributed by atoms with Gasteiger partial charge in [-0.25, -0.2) is 0 Å². The Labute approximate surface area is 88.7 Å². The monoisotopic (exact) mass is 205 g/mol. The average Bonchev–Trinajstić information content (AvgIpc) is 2.30. The standard InChI is InChI=1S/C11H13N2O2/c14-13(15)11-7-3-2-6-10(11)12-8-4-1-5-9-12/h2,6-7H,1,4-5,8-9H2. The molecule has 2 rings (SSSR count). The van der Waals surface area contributed by atoms with E-state index in [1.165, 1.54) is 12.5 Å². The van der Waals surface area contributed by atoms with Crippen molar-refractivity contribution in [1.82, 2.24) is 0 Å². The molecule has 1 aromatic carbocycles. The van der Waals surface area contributed by atoms with Crippen LogP contribution < -0.4 is 4.90 Å². The van der Waals surface area contributed by atoms with Gasteiger partial charge in [-0.3, -0.25) is 10.1 Å². The number of benzene rings is 1. The highest BCUT2D eigenvalue weighted by molar-refractivity contribution is 5.62. The summed E-state index contributed by atoms with van der Waals surface area (Å²) in [4.78, 5) is 12.6. The highest BCUT2D eigenvalue weighted by Crippen LogP contribution is 2.29. The van der Waals surface area contributed by atoms with Crippen LogP contribution >= 0.6 is 0 Å². The Morgan fingerprint density at radius 3 is 2.73 bits per heavy atom. The van der Waals surface area contributed by atoms with Gasteiger partial charge in [0.2, 0.25) is 0 Å². The molecular formula is C11H13N2O2. The number of hydrogen-bond donors (Lipinski definition) is 0. The van der Waals surface area contributed by atoms with Gasteiger partial charge in [0.1, 0.15) is 5.69 Å². The maximum atomic E-state index is 10.8. The fraction of sp³-hybridized carbons (Fsp3) is 0.455. The quantitative estimate of drug-likeness (QED) is 0.550. The summed E-state index contributed by atoms with van der Waals surface area (Å²) in [5.74, 6) is 0. The summed E-state index contributed by atoms with van der Waals surface area (Å²) < 4.78 is 0. The van der Waals surface area contributed by atoms with Crippen molar-refractivity contribution in [2.45, 2.75) is 19.3 Å². The normalized spacial score (nSPS) is 16.4. The second kappa shape index (κ2) is 4.29. The van der Waals surface area contributed by atoms with Gasteiger partial charge in [0.05, 0.1) is 4.92 Å². The van der Waals surface area contributed by atoms with Gasteiger partial charge in [0.15, 0.2) is 0 Å². The van der Waals surface area contributed by atoms with Crippen molar-refractivity contribution in [3.05, 3.63) is 34.4 Å². The molecule has 0 N–H and O–H groups in total. The fourth-order valence-corrected chi connectivity index (χ4v) is 1.96. The predicted molar refractivity (Wildman–Crippen MR) is 58.0 cm³/mol. The lowest BCUT2D eigenvalue weighted by atomic mass is 10.1. The van der Waals surface area contributed by atoms with E-state index in [0.717, 1.165) is 31.6 Å². The summed E-state index contributed by atoms with van der Waals surface area (Å²) in [6.07, 6.45) is 3.47. The van der Waals surface area contributed by atoms with Crippen molar-refractivity contribution in [2.24, 2.45) is 0 Å². The summed E-state index contributed by atoms with van der Waals surface area (Å²) in [5, 5.41) is 10.8. The van der Waals surface area contributed by atoms with E-state index in [9.17, 15) is 10.1 Å². The van der Waals surface area contributed by atoms with E-state index in [-0.39, 0.29) is 10.6 Å². The van der Waals surface area contributed by atoms with Gasteiger partial charge in [-0.05, 0) is 31.4 Å². The number of nitro benzene ring substituents is 1. The lowest BCUT2D eigenvalue weighted by molar-refractivity contribution is -0.384. The number of rotatable bonds is 2. The van der Waals surface area contributed by atoms with Gasteiger partial charge >= 0.3 is 0 Å². The third-order valence-electron chi connectivity index (χ3n) is 2.71. The minimum absolute atomic E-state index is 0.166. The van der Waals surface area contributed by atoms with Crippen LogP contribution in [-0.2, 0) is 0 Å². The third kappa shape index (κ3) is 2.09. The number of piperidine rings is 1. The zero-order valence-electron chi connectivity index (χ0n) is 8.48. The Morgan fingerprint density at radius 2 is 2.07 bits per heavy atom. The molecule has 1 radical (unpaired) electrons. The van der Waals surface area contributed by atoms with Crippen LogP contribution in [0.5, 0.6) is 0 Å². The zero-order chi connectivity index (χ0) is 10.7. The zero-order valence-corrected chi connectivity index (χ0v) is 8.48. The van der Waals surface area contributed by atoms with Crippen LogP contribution in [0, 0.1) is 16.2 Å². The first-order valence-electron chi connectivity index (χ1n) is 5.18. The molecule has 1 saturated heterocycles. The minimum Gasteiger partial charge on any atom is -0.366 e. The van der Waals surface area contributed by atoms with E-state index in [4.69, 9.17) is 0 Å². The van der Waals surface area contributed by atoms with Crippen molar-refractivity contribution < 1.29 is 4.92 Å². The smallest absolute Gasteiger partial charge is 0.293 e. The van der Waals surface area contributed by atoms with Gasteiger partial charge in [-0.15, -0.1) is 0 Å². The van der Waals surface area contributed by atoms with Crippen molar-refractivity contribution >= 4 is 11.4 Å². The summed E-state index contributed by atoms with van der Waals surface area (Å²) >= 11 is 0. The molecule has 0 saturated carbocycles. The lowest BCUT2D eigenvalue weighted by Crippen LogP contribution is -2.29. The molecule has 4 nitrogen and oxygen atoms in total. The molecule has 0 amide bonds. The largest absolute Gasteiger partial charge is 0.366 e. The second-order valence-electron chi connectivity index (χ2n) is 3.72. The van der Waals surface area contributed by atoms with Crippen LogP contribution in [0.15, 0.2) is 18.2 Å². The molecule has 0 atom stereocenters. The maximum Gasteiger partial charge on any atom is 0.293 e. The molecule has 15 heavy (non-hydrogen) atoms. The van der Waals surface area contributed by atoms with E-state index in [0.29, 0.717) is 0 Å². The van der Waals surface area contributed by atoms with Crippen LogP contribution in [-0.4, -0.2) is 18.0 Å². The van der Waals surface area contributed by atoms with Crippen molar-refractivity contribution in [3.8, 4) is 0 Å². The van der Waals surface area contributed by atoms with Gasteiger partial charge in [-0.2, -0.15) is 0 Å². The third-order valence-corrected chi connectivity index (χ3v) is 2.71. The summed E-state index contributed by atoms with van der Waals surface area (Å²) in [6.45, 7) is 1.84. The lowest BCUT2D eigenvalue weighted by Gasteiger charge is -2.28. The SMILES string of the molecule is O=[N+]([O-])c1c[c]ccc1N1CCCCC1. The molecule has 0 aliphatic carbocycles. The van der Waals surface area contributed by atoms with Crippen LogP contribution in [0.25, 0.3) is 0 Å². The molecule has 79 valence electrons. The Balaban J connectivity index is 2.29. The van der Waals surface area contributed by atoms with Crippen LogP contribution in [0.3, 0.4) is 0 Å². The van der Waals surface area contributed by atoms with Gasteiger partial charge in [0, 0.05) is 19.2 Å². The average molecular weight is 205 g/mol. The molecule has 1 aliphatic rings. The Kier molecular flexibility index (Phi) is 2.85. The summed E-state index contributed by atoms with van der Waals surface area (Å²) in [5.41, 5.74) is 0.901. The first-order valence-corrected chi connectivity index (χ1v) is 5.18. The van der Waals surface area contributed by atoms with Crippen molar-refractivity contribution in [3.63, 3.8) is 0 Å². The Morgan fingerprint density at radius 1 is 1.33 bits per heavy atom. The molecule has 0 aromatic heterocycles. The van der Waals surface area contributed by atoms with Crippen LogP contribution in [0.2, 0.25) is 0 Å². The first-order chi connectivity index (χ1) is 7.29. The molecule has 0 bridgehead atoms. The number of hydrogen-bond acceptors (Lipinski definition) is 3. The Bertz CT molecular complexity index is 359. The predicted octanol–water partition coefficient (Wildman–Crippen LogP) is 2.39. The molecule has 0 spiro atoms.